The van der Waals surface area contributed by atoms with Crippen molar-refractivity contribution in [2.24, 2.45) is 0 Å². The Morgan fingerprint density at radius 3 is 2.40 bits per heavy atom. The van der Waals surface area contributed by atoms with Gasteiger partial charge in [0.15, 0.2) is 5.13 Å². The Morgan fingerprint density at radius 2 is 1.65 bits per heavy atom. The Balaban J connectivity index is 1.24. The van der Waals surface area contributed by atoms with Crippen molar-refractivity contribution in [1.82, 2.24) is 15.3 Å². The van der Waals surface area contributed by atoms with Gasteiger partial charge in [0.25, 0.3) is 11.8 Å². The number of thioether (sulfide) groups is 1. The second-order valence-corrected chi connectivity index (χ2v) is 11.6. The van der Waals surface area contributed by atoms with Gasteiger partial charge in [0.1, 0.15) is 5.70 Å². The third kappa shape index (κ3) is 8.25. The summed E-state index contributed by atoms with van der Waals surface area (Å²) < 4.78 is 0. The standard InChI is InChI=1S/C33H27N5O3S2/c1-22(30(39)38-33-37-29(21-42-33)24-11-4-2-5-12-24)43-27-16-8-15-26(19-27)35-32(41)28(18-23-10-9-17-34-20-23)36-31(40)25-13-6-3-7-14-25/h2-22H,1H3,(H,35,41)(H,36,40)(H,37,38,39)/b28-18-. The van der Waals surface area contributed by atoms with Crippen LogP contribution in [0.5, 0.6) is 0 Å². The Hall–Kier alpha value is -5.06. The van der Waals surface area contributed by atoms with Crippen molar-refractivity contribution < 1.29 is 14.4 Å². The fourth-order valence-corrected chi connectivity index (χ4v) is 5.60. The number of pyridine rings is 1. The lowest BCUT2D eigenvalue weighted by Crippen LogP contribution is -2.30. The molecule has 0 saturated carbocycles. The number of nitrogens with one attached hydrogen (secondary N) is 3. The van der Waals surface area contributed by atoms with Crippen molar-refractivity contribution in [3.05, 3.63) is 132 Å². The molecule has 3 aromatic carbocycles. The average Bonchev–Trinajstić information content (AvgIpc) is 3.50. The summed E-state index contributed by atoms with van der Waals surface area (Å²) in [6, 6.07) is 29.2. The van der Waals surface area contributed by atoms with Gasteiger partial charge in [-0.05, 0) is 55.0 Å². The number of carbonyl (C=O) groups excluding carboxylic acids is 3. The molecule has 0 saturated heterocycles. The number of hydrogen-bond donors (Lipinski definition) is 3. The van der Waals surface area contributed by atoms with Gasteiger partial charge in [0.05, 0.1) is 10.9 Å². The van der Waals surface area contributed by atoms with Gasteiger partial charge < -0.3 is 16.0 Å². The molecule has 0 aliphatic rings. The molecular weight excluding hydrogens is 579 g/mol. The summed E-state index contributed by atoms with van der Waals surface area (Å²) in [6.07, 6.45) is 4.79. The predicted octanol–water partition coefficient (Wildman–Crippen LogP) is 6.73. The smallest absolute Gasteiger partial charge is 0.272 e. The van der Waals surface area contributed by atoms with Crippen LogP contribution in [0.1, 0.15) is 22.8 Å². The van der Waals surface area contributed by atoms with Crippen molar-refractivity contribution in [2.75, 3.05) is 10.6 Å². The maximum Gasteiger partial charge on any atom is 0.272 e. The number of nitrogens with zero attached hydrogens (tertiary/aromatic N) is 2. The predicted molar refractivity (Wildman–Crippen MR) is 173 cm³/mol. The van der Waals surface area contributed by atoms with Gasteiger partial charge in [0.2, 0.25) is 5.91 Å². The zero-order chi connectivity index (χ0) is 30.0. The molecule has 0 aliphatic heterocycles. The van der Waals surface area contributed by atoms with Crippen LogP contribution in [-0.2, 0) is 9.59 Å². The highest BCUT2D eigenvalue weighted by Gasteiger charge is 2.18. The first-order valence-corrected chi connectivity index (χ1v) is 15.1. The summed E-state index contributed by atoms with van der Waals surface area (Å²) in [5, 5.41) is 10.5. The van der Waals surface area contributed by atoms with Gasteiger partial charge in [0, 0.05) is 39.5 Å². The van der Waals surface area contributed by atoms with Crippen LogP contribution in [0.25, 0.3) is 17.3 Å². The van der Waals surface area contributed by atoms with Gasteiger partial charge in [-0.15, -0.1) is 23.1 Å². The molecule has 43 heavy (non-hydrogen) atoms. The molecule has 2 aromatic heterocycles. The van der Waals surface area contributed by atoms with E-state index in [1.165, 1.54) is 23.1 Å². The highest BCUT2D eigenvalue weighted by atomic mass is 32.2. The van der Waals surface area contributed by atoms with Crippen molar-refractivity contribution in [1.29, 1.82) is 0 Å². The van der Waals surface area contributed by atoms with Gasteiger partial charge in [-0.1, -0.05) is 60.7 Å². The second-order valence-electron chi connectivity index (χ2n) is 9.30. The number of aromatic nitrogens is 2. The molecule has 0 bridgehead atoms. The van der Waals surface area contributed by atoms with Crippen LogP contribution < -0.4 is 16.0 Å². The average molecular weight is 606 g/mol. The summed E-state index contributed by atoms with van der Waals surface area (Å²) >= 11 is 2.73. The molecule has 0 aliphatic carbocycles. The molecule has 3 N–H and O–H groups in total. The van der Waals surface area contributed by atoms with Crippen LogP contribution in [0.3, 0.4) is 0 Å². The Bertz CT molecular complexity index is 1740. The van der Waals surface area contributed by atoms with Gasteiger partial charge >= 0.3 is 0 Å². The molecule has 1 atom stereocenters. The maximum absolute atomic E-state index is 13.3. The number of rotatable bonds is 10. The molecule has 5 aromatic rings. The first kappa shape index (κ1) is 29.4. The minimum absolute atomic E-state index is 0.0611. The van der Waals surface area contributed by atoms with E-state index in [0.29, 0.717) is 21.9 Å². The van der Waals surface area contributed by atoms with E-state index in [9.17, 15) is 14.4 Å². The van der Waals surface area contributed by atoms with E-state index in [0.717, 1.165) is 16.2 Å². The van der Waals surface area contributed by atoms with Crippen LogP contribution in [0.4, 0.5) is 10.8 Å². The molecule has 3 amide bonds. The van der Waals surface area contributed by atoms with Gasteiger partial charge in [-0.25, -0.2) is 4.98 Å². The number of anilines is 2. The molecule has 8 nitrogen and oxygen atoms in total. The first-order valence-electron chi connectivity index (χ1n) is 13.3. The number of benzene rings is 3. The van der Waals surface area contributed by atoms with E-state index in [-0.39, 0.29) is 11.6 Å². The number of thiazole rings is 1. The van der Waals surface area contributed by atoms with Crippen LogP contribution in [0, 0.1) is 0 Å². The third-order valence-electron chi connectivity index (χ3n) is 6.10. The number of hydrogen-bond acceptors (Lipinski definition) is 7. The van der Waals surface area contributed by atoms with Crippen molar-refractivity contribution in [2.45, 2.75) is 17.1 Å². The number of amides is 3. The quantitative estimate of drug-likeness (QED) is 0.120. The lowest BCUT2D eigenvalue weighted by Gasteiger charge is -2.13. The third-order valence-corrected chi connectivity index (χ3v) is 7.95. The monoisotopic (exact) mass is 605 g/mol. The van der Waals surface area contributed by atoms with E-state index >= 15 is 0 Å². The SMILES string of the molecule is CC(Sc1cccc(NC(=O)/C(=C/c2cccnc2)NC(=O)c2ccccc2)c1)C(=O)Nc1nc(-c2ccccc2)cs1. The molecule has 0 radical (unpaired) electrons. The van der Waals surface area contributed by atoms with E-state index in [1.807, 2.05) is 54.8 Å². The summed E-state index contributed by atoms with van der Waals surface area (Å²) in [4.78, 5) is 48.5. The van der Waals surface area contributed by atoms with Crippen LogP contribution in [-0.4, -0.2) is 32.9 Å². The van der Waals surface area contributed by atoms with Crippen LogP contribution in [0.2, 0.25) is 0 Å². The molecule has 2 heterocycles. The molecule has 10 heteroatoms. The fraction of sp³-hybridized carbons (Fsp3) is 0.0606. The van der Waals surface area contributed by atoms with Crippen LogP contribution in [0.15, 0.2) is 125 Å². The molecule has 0 fully saturated rings. The summed E-state index contributed by atoms with van der Waals surface area (Å²) in [5.74, 6) is -1.09. The first-order chi connectivity index (χ1) is 20.9. The zero-order valence-corrected chi connectivity index (χ0v) is 24.7. The summed E-state index contributed by atoms with van der Waals surface area (Å²) in [6.45, 7) is 1.81. The maximum atomic E-state index is 13.3. The van der Waals surface area contributed by atoms with Gasteiger partial charge in [-0.3, -0.25) is 19.4 Å². The minimum atomic E-state index is -0.501. The fourth-order valence-electron chi connectivity index (χ4n) is 3.95. The highest BCUT2D eigenvalue weighted by molar-refractivity contribution is 8.00. The van der Waals surface area contributed by atoms with Crippen LogP contribution >= 0.6 is 23.1 Å². The molecular formula is C33H27N5O3S2. The van der Waals surface area contributed by atoms with E-state index in [1.54, 1.807) is 73.1 Å². The molecule has 1 unspecified atom stereocenters. The molecule has 5 rings (SSSR count). The largest absolute Gasteiger partial charge is 0.321 e. The topological polar surface area (TPSA) is 113 Å². The zero-order valence-electron chi connectivity index (χ0n) is 23.1. The summed E-state index contributed by atoms with van der Waals surface area (Å²) in [7, 11) is 0. The summed E-state index contributed by atoms with van der Waals surface area (Å²) in [5.41, 5.74) is 3.44. The number of carbonyl (C=O) groups is 3. The Kier molecular flexibility index (Phi) is 9.73. The van der Waals surface area contributed by atoms with Crippen molar-refractivity contribution in [3.63, 3.8) is 0 Å². The van der Waals surface area contributed by atoms with Crippen molar-refractivity contribution in [3.8, 4) is 11.3 Å². The van der Waals surface area contributed by atoms with E-state index in [2.05, 4.69) is 25.9 Å². The van der Waals surface area contributed by atoms with Gasteiger partial charge in [-0.2, -0.15) is 0 Å². The second kappa shape index (κ2) is 14.2. The van der Waals surface area contributed by atoms with E-state index in [4.69, 9.17) is 0 Å². The van der Waals surface area contributed by atoms with E-state index < -0.39 is 17.1 Å². The Morgan fingerprint density at radius 1 is 0.884 bits per heavy atom. The molecule has 0 spiro atoms. The lowest BCUT2D eigenvalue weighted by molar-refractivity contribution is -0.115. The Labute approximate surface area is 257 Å². The minimum Gasteiger partial charge on any atom is -0.321 e. The van der Waals surface area contributed by atoms with Crippen molar-refractivity contribution >= 4 is 57.7 Å². The highest BCUT2D eigenvalue weighted by Crippen LogP contribution is 2.29. The lowest BCUT2D eigenvalue weighted by atomic mass is 10.2. The molecule has 214 valence electrons. The normalized spacial score (nSPS) is 11.8.